The lowest BCUT2D eigenvalue weighted by molar-refractivity contribution is 0.0786. The van der Waals surface area contributed by atoms with Gasteiger partial charge in [0.25, 0.3) is 0 Å². The molecule has 1 fully saturated rings. The number of aliphatic hydroxyl groups excluding tert-OH is 1. The highest BCUT2D eigenvalue weighted by atomic mass is 16.3. The van der Waals surface area contributed by atoms with E-state index in [2.05, 4.69) is 5.32 Å². The number of anilines is 1. The molecule has 0 aliphatic heterocycles. The summed E-state index contributed by atoms with van der Waals surface area (Å²) in [5.74, 6) is 0.249. The quantitative estimate of drug-likeness (QED) is 0.642. The van der Waals surface area contributed by atoms with E-state index in [0.29, 0.717) is 0 Å². The molecule has 0 amide bonds. The summed E-state index contributed by atoms with van der Waals surface area (Å²) in [6.07, 6.45) is 1.63. The normalized spacial score (nSPS) is 26.5. The summed E-state index contributed by atoms with van der Waals surface area (Å²) in [5, 5.41) is 21.7. The summed E-state index contributed by atoms with van der Waals surface area (Å²) in [5.41, 5.74) is 0.865. The molecule has 1 aromatic carbocycles. The SMILES string of the molecule is Oc1cccc(N[C@@H]2CC[C@H]2O)c1. The highest BCUT2D eigenvalue weighted by Gasteiger charge is 2.28. The predicted octanol–water partition coefficient (Wildman–Crippen LogP) is 1.33. The van der Waals surface area contributed by atoms with Crippen molar-refractivity contribution in [1.29, 1.82) is 0 Å². The lowest BCUT2D eigenvalue weighted by Crippen LogP contribution is -2.42. The zero-order chi connectivity index (χ0) is 9.26. The maximum absolute atomic E-state index is 9.31. The Labute approximate surface area is 77.0 Å². The fourth-order valence-electron chi connectivity index (χ4n) is 1.46. The molecular formula is C10H13NO2. The van der Waals surface area contributed by atoms with E-state index in [9.17, 15) is 10.2 Å². The third-order valence-corrected chi connectivity index (χ3v) is 2.44. The Morgan fingerprint density at radius 3 is 2.69 bits per heavy atom. The van der Waals surface area contributed by atoms with Crippen LogP contribution in [0.4, 0.5) is 5.69 Å². The molecule has 3 heteroatoms. The molecule has 2 rings (SSSR count). The monoisotopic (exact) mass is 179 g/mol. The van der Waals surface area contributed by atoms with Gasteiger partial charge in [-0.15, -0.1) is 0 Å². The van der Waals surface area contributed by atoms with Gasteiger partial charge >= 0.3 is 0 Å². The van der Waals surface area contributed by atoms with Gasteiger partial charge < -0.3 is 15.5 Å². The minimum Gasteiger partial charge on any atom is -0.508 e. The highest BCUT2D eigenvalue weighted by Crippen LogP contribution is 2.25. The van der Waals surface area contributed by atoms with Crippen molar-refractivity contribution in [2.24, 2.45) is 0 Å². The molecule has 3 nitrogen and oxygen atoms in total. The average molecular weight is 179 g/mol. The van der Waals surface area contributed by atoms with E-state index in [-0.39, 0.29) is 17.9 Å². The van der Waals surface area contributed by atoms with Gasteiger partial charge in [0.2, 0.25) is 0 Å². The van der Waals surface area contributed by atoms with Crippen LogP contribution in [-0.4, -0.2) is 22.4 Å². The van der Waals surface area contributed by atoms with Crippen LogP contribution in [0.15, 0.2) is 24.3 Å². The molecule has 70 valence electrons. The molecule has 1 saturated carbocycles. The second-order valence-electron chi connectivity index (χ2n) is 3.45. The number of aromatic hydroxyl groups is 1. The van der Waals surface area contributed by atoms with E-state index >= 15 is 0 Å². The zero-order valence-electron chi connectivity index (χ0n) is 7.27. The summed E-state index contributed by atoms with van der Waals surface area (Å²) < 4.78 is 0. The fraction of sp³-hybridized carbons (Fsp3) is 0.400. The molecule has 2 atom stereocenters. The lowest BCUT2D eigenvalue weighted by atomic mass is 9.89. The first kappa shape index (κ1) is 8.38. The molecule has 1 aromatic rings. The molecule has 0 radical (unpaired) electrons. The van der Waals surface area contributed by atoms with Gasteiger partial charge in [-0.3, -0.25) is 0 Å². The Kier molecular flexibility index (Phi) is 2.10. The van der Waals surface area contributed by atoms with Crippen molar-refractivity contribution in [2.45, 2.75) is 25.0 Å². The van der Waals surface area contributed by atoms with E-state index in [4.69, 9.17) is 0 Å². The maximum Gasteiger partial charge on any atom is 0.117 e. The van der Waals surface area contributed by atoms with Crippen LogP contribution >= 0.6 is 0 Å². The van der Waals surface area contributed by atoms with Crippen molar-refractivity contribution < 1.29 is 10.2 Å². The molecule has 1 aliphatic carbocycles. The van der Waals surface area contributed by atoms with E-state index in [1.54, 1.807) is 18.2 Å². The third kappa shape index (κ3) is 1.75. The van der Waals surface area contributed by atoms with Crippen molar-refractivity contribution in [3.8, 4) is 5.75 Å². The first-order valence-corrected chi connectivity index (χ1v) is 4.49. The zero-order valence-corrected chi connectivity index (χ0v) is 7.27. The Hall–Kier alpha value is -1.22. The van der Waals surface area contributed by atoms with Crippen molar-refractivity contribution >= 4 is 5.69 Å². The Morgan fingerprint density at radius 1 is 1.31 bits per heavy atom. The second-order valence-corrected chi connectivity index (χ2v) is 3.45. The number of hydrogen-bond acceptors (Lipinski definition) is 3. The highest BCUT2D eigenvalue weighted by molar-refractivity contribution is 5.48. The van der Waals surface area contributed by atoms with E-state index in [1.165, 1.54) is 0 Å². The molecule has 3 N–H and O–H groups in total. The van der Waals surface area contributed by atoms with E-state index in [0.717, 1.165) is 18.5 Å². The first-order valence-electron chi connectivity index (χ1n) is 4.49. The number of hydrogen-bond donors (Lipinski definition) is 3. The van der Waals surface area contributed by atoms with Crippen LogP contribution in [-0.2, 0) is 0 Å². The standard InChI is InChI=1S/C10H13NO2/c12-8-3-1-2-7(6-8)11-9-4-5-10(9)13/h1-3,6,9-13H,4-5H2/t9-,10-/m1/s1. The van der Waals surface area contributed by atoms with E-state index in [1.807, 2.05) is 6.07 Å². The van der Waals surface area contributed by atoms with Gasteiger partial charge in [-0.1, -0.05) is 6.07 Å². The molecule has 0 saturated heterocycles. The van der Waals surface area contributed by atoms with Gasteiger partial charge in [-0.05, 0) is 25.0 Å². The van der Waals surface area contributed by atoms with Gasteiger partial charge in [0.05, 0.1) is 12.1 Å². The number of phenolic OH excluding ortho intramolecular Hbond substituents is 1. The number of nitrogens with one attached hydrogen (secondary N) is 1. The summed E-state index contributed by atoms with van der Waals surface area (Å²) in [7, 11) is 0. The van der Waals surface area contributed by atoms with Crippen LogP contribution in [0, 0.1) is 0 Å². The van der Waals surface area contributed by atoms with Crippen LogP contribution in [0.25, 0.3) is 0 Å². The van der Waals surface area contributed by atoms with Gasteiger partial charge in [-0.2, -0.15) is 0 Å². The molecule has 0 bridgehead atoms. The summed E-state index contributed by atoms with van der Waals surface area (Å²) in [4.78, 5) is 0. The Balaban J connectivity index is 2.01. The number of benzene rings is 1. The topological polar surface area (TPSA) is 52.5 Å². The largest absolute Gasteiger partial charge is 0.508 e. The number of aliphatic hydroxyl groups is 1. The van der Waals surface area contributed by atoms with Crippen molar-refractivity contribution in [3.05, 3.63) is 24.3 Å². The minimum atomic E-state index is -0.234. The lowest BCUT2D eigenvalue weighted by Gasteiger charge is -2.33. The van der Waals surface area contributed by atoms with Gasteiger partial charge in [0.15, 0.2) is 0 Å². The molecule has 0 unspecified atom stereocenters. The van der Waals surface area contributed by atoms with Gasteiger partial charge in [-0.25, -0.2) is 0 Å². The fourth-order valence-corrected chi connectivity index (χ4v) is 1.46. The smallest absolute Gasteiger partial charge is 0.117 e. The molecule has 13 heavy (non-hydrogen) atoms. The van der Waals surface area contributed by atoms with Crippen LogP contribution < -0.4 is 5.32 Å². The number of phenols is 1. The third-order valence-electron chi connectivity index (χ3n) is 2.44. The Morgan fingerprint density at radius 2 is 2.15 bits per heavy atom. The van der Waals surface area contributed by atoms with Crippen molar-refractivity contribution in [1.82, 2.24) is 0 Å². The molecule has 0 spiro atoms. The average Bonchev–Trinajstić information content (AvgIpc) is 2.12. The minimum absolute atomic E-state index is 0.154. The summed E-state index contributed by atoms with van der Waals surface area (Å²) in [6, 6.07) is 7.10. The van der Waals surface area contributed by atoms with Gasteiger partial charge in [0, 0.05) is 11.8 Å². The second kappa shape index (κ2) is 3.26. The van der Waals surface area contributed by atoms with Gasteiger partial charge in [0.1, 0.15) is 5.75 Å². The van der Waals surface area contributed by atoms with Crippen molar-refractivity contribution in [2.75, 3.05) is 5.32 Å². The van der Waals surface area contributed by atoms with Crippen LogP contribution in [0.1, 0.15) is 12.8 Å². The summed E-state index contributed by atoms with van der Waals surface area (Å²) >= 11 is 0. The van der Waals surface area contributed by atoms with E-state index < -0.39 is 0 Å². The predicted molar refractivity (Wildman–Crippen MR) is 50.8 cm³/mol. The first-order chi connectivity index (χ1) is 6.25. The van der Waals surface area contributed by atoms with Crippen LogP contribution in [0.5, 0.6) is 5.75 Å². The molecular weight excluding hydrogens is 166 g/mol. The summed E-state index contributed by atoms with van der Waals surface area (Å²) in [6.45, 7) is 0. The molecule has 0 heterocycles. The number of rotatable bonds is 2. The Bertz CT molecular complexity index is 301. The maximum atomic E-state index is 9.31. The van der Waals surface area contributed by atoms with Crippen LogP contribution in [0.3, 0.4) is 0 Å². The van der Waals surface area contributed by atoms with Crippen LogP contribution in [0.2, 0.25) is 0 Å². The molecule has 1 aliphatic rings. The molecule has 0 aromatic heterocycles. The van der Waals surface area contributed by atoms with Crippen molar-refractivity contribution in [3.63, 3.8) is 0 Å².